The molecular weight excluding hydrogens is 194 g/mol. The van der Waals surface area contributed by atoms with E-state index in [4.69, 9.17) is 5.73 Å². The number of nitrogens with two attached hydrogens (primary N) is 1. The molecule has 0 saturated heterocycles. The minimum absolute atomic E-state index is 0.228. The SMILES string of the molecule is CC1(N)CC=Cc2cc3ccccc3cc21. The fourth-order valence-electron chi connectivity index (χ4n) is 2.43. The lowest BCUT2D eigenvalue weighted by Crippen LogP contribution is -2.34. The summed E-state index contributed by atoms with van der Waals surface area (Å²) >= 11 is 0. The minimum Gasteiger partial charge on any atom is -0.321 e. The fraction of sp³-hybridized carbons (Fsp3) is 0.200. The number of hydrogen-bond acceptors (Lipinski definition) is 1. The van der Waals surface area contributed by atoms with Crippen LogP contribution in [-0.4, -0.2) is 0 Å². The lowest BCUT2D eigenvalue weighted by molar-refractivity contribution is 0.498. The van der Waals surface area contributed by atoms with Gasteiger partial charge >= 0.3 is 0 Å². The van der Waals surface area contributed by atoms with Crippen molar-refractivity contribution in [3.63, 3.8) is 0 Å². The van der Waals surface area contributed by atoms with Crippen molar-refractivity contribution in [1.29, 1.82) is 0 Å². The van der Waals surface area contributed by atoms with E-state index in [-0.39, 0.29) is 5.54 Å². The maximum atomic E-state index is 6.33. The van der Waals surface area contributed by atoms with Gasteiger partial charge in [-0.25, -0.2) is 0 Å². The van der Waals surface area contributed by atoms with Crippen molar-refractivity contribution in [2.45, 2.75) is 18.9 Å². The van der Waals surface area contributed by atoms with Crippen molar-refractivity contribution < 1.29 is 0 Å². The zero-order valence-electron chi connectivity index (χ0n) is 9.40. The van der Waals surface area contributed by atoms with Gasteiger partial charge in [0.2, 0.25) is 0 Å². The van der Waals surface area contributed by atoms with E-state index in [9.17, 15) is 0 Å². The highest BCUT2D eigenvalue weighted by molar-refractivity contribution is 5.86. The van der Waals surface area contributed by atoms with E-state index >= 15 is 0 Å². The monoisotopic (exact) mass is 209 g/mol. The predicted molar refractivity (Wildman–Crippen MR) is 69.1 cm³/mol. The van der Waals surface area contributed by atoms with E-state index in [1.807, 2.05) is 0 Å². The standard InChI is InChI=1S/C15H15N/c1-15(16)8-4-7-13-9-11-5-2-3-6-12(11)10-14(13)15/h2-7,9-10H,8,16H2,1H3. The van der Waals surface area contributed by atoms with Crippen LogP contribution < -0.4 is 5.73 Å². The molecule has 0 amide bonds. The minimum atomic E-state index is -0.228. The zero-order valence-corrected chi connectivity index (χ0v) is 9.40. The molecule has 16 heavy (non-hydrogen) atoms. The Labute approximate surface area is 95.6 Å². The molecule has 0 spiro atoms. The van der Waals surface area contributed by atoms with Crippen molar-refractivity contribution in [3.05, 3.63) is 53.6 Å². The predicted octanol–water partition coefficient (Wildman–Crippen LogP) is 3.43. The molecule has 0 aromatic heterocycles. The maximum absolute atomic E-state index is 6.33. The molecule has 1 atom stereocenters. The topological polar surface area (TPSA) is 26.0 Å². The third-order valence-electron chi connectivity index (χ3n) is 3.37. The molecule has 80 valence electrons. The van der Waals surface area contributed by atoms with Gasteiger partial charge in [0.05, 0.1) is 0 Å². The second-order valence-corrected chi connectivity index (χ2v) is 4.81. The summed E-state index contributed by atoms with van der Waals surface area (Å²) in [6.07, 6.45) is 5.26. The molecule has 0 bridgehead atoms. The molecule has 2 aromatic rings. The van der Waals surface area contributed by atoms with E-state index in [1.54, 1.807) is 0 Å². The van der Waals surface area contributed by atoms with E-state index in [0.29, 0.717) is 0 Å². The molecule has 1 aliphatic carbocycles. The summed E-state index contributed by atoms with van der Waals surface area (Å²) < 4.78 is 0. The number of fused-ring (bicyclic) bond motifs is 2. The van der Waals surface area contributed by atoms with Gasteiger partial charge in [-0.05, 0) is 47.4 Å². The molecule has 2 aromatic carbocycles. The first-order valence-corrected chi connectivity index (χ1v) is 5.65. The Morgan fingerprint density at radius 1 is 1.12 bits per heavy atom. The van der Waals surface area contributed by atoms with Crippen LogP contribution >= 0.6 is 0 Å². The van der Waals surface area contributed by atoms with Crippen molar-refractivity contribution in [3.8, 4) is 0 Å². The highest BCUT2D eigenvalue weighted by atomic mass is 14.7. The summed E-state index contributed by atoms with van der Waals surface area (Å²) in [7, 11) is 0. The largest absolute Gasteiger partial charge is 0.321 e. The summed E-state index contributed by atoms with van der Waals surface area (Å²) in [6, 6.07) is 12.9. The Morgan fingerprint density at radius 3 is 2.56 bits per heavy atom. The molecule has 0 radical (unpaired) electrons. The Hall–Kier alpha value is -1.60. The van der Waals surface area contributed by atoms with Crippen LogP contribution in [-0.2, 0) is 5.54 Å². The zero-order chi connectivity index (χ0) is 11.2. The van der Waals surface area contributed by atoms with Gasteiger partial charge in [-0.15, -0.1) is 0 Å². The highest BCUT2D eigenvalue weighted by Crippen LogP contribution is 2.33. The first-order valence-electron chi connectivity index (χ1n) is 5.65. The van der Waals surface area contributed by atoms with Gasteiger partial charge in [-0.2, -0.15) is 0 Å². The van der Waals surface area contributed by atoms with Crippen LogP contribution in [0.15, 0.2) is 42.5 Å². The molecule has 0 heterocycles. The molecule has 1 aliphatic rings. The normalized spacial score (nSPS) is 23.4. The highest BCUT2D eigenvalue weighted by Gasteiger charge is 2.25. The smallest absolute Gasteiger partial charge is 0.0422 e. The maximum Gasteiger partial charge on any atom is 0.0422 e. The molecule has 1 nitrogen and oxygen atoms in total. The quantitative estimate of drug-likeness (QED) is 0.706. The summed E-state index contributed by atoms with van der Waals surface area (Å²) in [5.74, 6) is 0. The van der Waals surface area contributed by atoms with Crippen molar-refractivity contribution in [2.24, 2.45) is 5.73 Å². The van der Waals surface area contributed by atoms with E-state index in [0.717, 1.165) is 6.42 Å². The number of hydrogen-bond donors (Lipinski definition) is 1. The molecule has 0 saturated carbocycles. The third-order valence-corrected chi connectivity index (χ3v) is 3.37. The van der Waals surface area contributed by atoms with E-state index in [1.165, 1.54) is 21.9 Å². The molecule has 1 unspecified atom stereocenters. The Balaban J connectivity index is 2.35. The van der Waals surface area contributed by atoms with Gasteiger partial charge in [0.15, 0.2) is 0 Å². The average molecular weight is 209 g/mol. The van der Waals surface area contributed by atoms with Gasteiger partial charge in [-0.3, -0.25) is 0 Å². The molecule has 0 aliphatic heterocycles. The lowest BCUT2D eigenvalue weighted by atomic mass is 9.81. The Morgan fingerprint density at radius 2 is 1.81 bits per heavy atom. The van der Waals surface area contributed by atoms with Crippen LogP contribution in [0.2, 0.25) is 0 Å². The van der Waals surface area contributed by atoms with Crippen LogP contribution in [0.3, 0.4) is 0 Å². The first-order chi connectivity index (χ1) is 7.67. The van der Waals surface area contributed by atoms with Crippen LogP contribution in [0.25, 0.3) is 16.8 Å². The molecule has 1 heteroatoms. The van der Waals surface area contributed by atoms with Crippen LogP contribution in [0.1, 0.15) is 24.5 Å². The van der Waals surface area contributed by atoms with Crippen molar-refractivity contribution in [1.82, 2.24) is 0 Å². The second-order valence-electron chi connectivity index (χ2n) is 4.81. The summed E-state index contributed by atoms with van der Waals surface area (Å²) in [5.41, 5.74) is 8.62. The van der Waals surface area contributed by atoms with Gasteiger partial charge in [0.25, 0.3) is 0 Å². The van der Waals surface area contributed by atoms with Crippen LogP contribution in [0.5, 0.6) is 0 Å². The van der Waals surface area contributed by atoms with E-state index in [2.05, 4.69) is 55.5 Å². The summed E-state index contributed by atoms with van der Waals surface area (Å²) in [5, 5.41) is 2.55. The first kappa shape index (κ1) is 9.61. The van der Waals surface area contributed by atoms with Crippen LogP contribution in [0, 0.1) is 0 Å². The summed E-state index contributed by atoms with van der Waals surface area (Å²) in [4.78, 5) is 0. The molecule has 2 N–H and O–H groups in total. The van der Waals surface area contributed by atoms with Crippen LogP contribution in [0.4, 0.5) is 0 Å². The van der Waals surface area contributed by atoms with Crippen molar-refractivity contribution >= 4 is 16.8 Å². The average Bonchev–Trinajstić information content (AvgIpc) is 2.27. The second kappa shape index (κ2) is 3.19. The van der Waals surface area contributed by atoms with Gasteiger partial charge < -0.3 is 5.73 Å². The van der Waals surface area contributed by atoms with Crippen molar-refractivity contribution in [2.75, 3.05) is 0 Å². The summed E-state index contributed by atoms with van der Waals surface area (Å²) in [6.45, 7) is 2.10. The number of rotatable bonds is 0. The van der Waals surface area contributed by atoms with Gasteiger partial charge in [0, 0.05) is 5.54 Å². The Bertz CT molecular complexity index is 579. The third kappa shape index (κ3) is 1.36. The van der Waals surface area contributed by atoms with Gasteiger partial charge in [0.1, 0.15) is 0 Å². The lowest BCUT2D eigenvalue weighted by Gasteiger charge is -2.29. The fourth-order valence-corrected chi connectivity index (χ4v) is 2.43. The molecule has 3 rings (SSSR count). The van der Waals surface area contributed by atoms with Gasteiger partial charge in [-0.1, -0.05) is 36.4 Å². The molecular formula is C15H15N. The number of benzene rings is 2. The van der Waals surface area contributed by atoms with E-state index < -0.39 is 0 Å². The Kier molecular flexibility index (Phi) is 1.92. The molecule has 0 fully saturated rings.